The Hall–Kier alpha value is -3.80. The zero-order valence-corrected chi connectivity index (χ0v) is 17.9. The summed E-state index contributed by atoms with van der Waals surface area (Å²) in [6.45, 7) is 6.43. The van der Waals surface area contributed by atoms with Crippen LogP contribution in [0, 0.1) is 6.92 Å². The maximum atomic E-state index is 12.8. The van der Waals surface area contributed by atoms with Crippen LogP contribution in [0.4, 0.5) is 11.4 Å². The van der Waals surface area contributed by atoms with Crippen LogP contribution in [-0.4, -0.2) is 25.0 Å². The molecule has 2 N–H and O–H groups in total. The summed E-state index contributed by atoms with van der Waals surface area (Å²) in [7, 11) is 0. The van der Waals surface area contributed by atoms with Gasteiger partial charge < -0.3 is 20.1 Å². The van der Waals surface area contributed by atoms with Crippen LogP contribution in [0.15, 0.2) is 66.7 Å². The summed E-state index contributed by atoms with van der Waals surface area (Å²) in [6.07, 6.45) is 0. The zero-order valence-electron chi connectivity index (χ0n) is 17.9. The Labute approximate surface area is 182 Å². The van der Waals surface area contributed by atoms with Gasteiger partial charge in [-0.2, -0.15) is 0 Å². The van der Waals surface area contributed by atoms with Gasteiger partial charge in [-0.1, -0.05) is 35.9 Å². The van der Waals surface area contributed by atoms with Gasteiger partial charge in [0.15, 0.2) is 0 Å². The molecule has 3 rings (SSSR count). The second kappa shape index (κ2) is 10.3. The number of anilines is 2. The molecule has 6 heteroatoms. The van der Waals surface area contributed by atoms with Crippen molar-refractivity contribution in [1.29, 1.82) is 0 Å². The number of hydrogen-bond acceptors (Lipinski definition) is 4. The summed E-state index contributed by atoms with van der Waals surface area (Å²) in [5.41, 5.74) is 3.00. The van der Waals surface area contributed by atoms with E-state index in [2.05, 4.69) is 10.6 Å². The summed E-state index contributed by atoms with van der Waals surface area (Å²) < 4.78 is 11.5. The standard InChI is InChI=1S/C25H26N2O4/c1-4-30-22-16-21(27-25(29)19-13-9-10-17(3)14-19)23(31-5-2)15-20(22)26-24(28)18-11-7-6-8-12-18/h6-16H,4-5H2,1-3H3,(H,26,28)(H,27,29). The third-order valence-corrected chi connectivity index (χ3v) is 4.49. The monoisotopic (exact) mass is 418 g/mol. The summed E-state index contributed by atoms with van der Waals surface area (Å²) in [5, 5.41) is 5.77. The van der Waals surface area contributed by atoms with Gasteiger partial charge in [0.25, 0.3) is 11.8 Å². The SMILES string of the molecule is CCOc1cc(NC(=O)c2cccc(C)c2)c(OCC)cc1NC(=O)c1ccccc1. The molecule has 160 valence electrons. The quantitative estimate of drug-likeness (QED) is 0.521. The Balaban J connectivity index is 1.93. The number of aryl methyl sites for hydroxylation is 1. The van der Waals surface area contributed by atoms with Gasteiger partial charge in [-0.05, 0) is 45.0 Å². The molecule has 0 bridgehead atoms. The van der Waals surface area contributed by atoms with E-state index in [0.717, 1.165) is 5.56 Å². The lowest BCUT2D eigenvalue weighted by atomic mass is 10.1. The fourth-order valence-corrected chi connectivity index (χ4v) is 3.07. The maximum Gasteiger partial charge on any atom is 0.255 e. The molecule has 0 fully saturated rings. The molecule has 0 heterocycles. The molecule has 0 aliphatic rings. The van der Waals surface area contributed by atoms with E-state index in [1.165, 1.54) is 0 Å². The third-order valence-electron chi connectivity index (χ3n) is 4.49. The number of carbonyl (C=O) groups is 2. The number of nitrogens with one attached hydrogen (secondary N) is 2. The molecule has 31 heavy (non-hydrogen) atoms. The molecular formula is C25H26N2O4. The lowest BCUT2D eigenvalue weighted by Gasteiger charge is -2.18. The van der Waals surface area contributed by atoms with Crippen LogP contribution in [0.3, 0.4) is 0 Å². The Kier molecular flexibility index (Phi) is 7.27. The largest absolute Gasteiger partial charge is 0.492 e. The van der Waals surface area contributed by atoms with E-state index < -0.39 is 0 Å². The van der Waals surface area contributed by atoms with E-state index in [4.69, 9.17) is 9.47 Å². The number of hydrogen-bond donors (Lipinski definition) is 2. The Morgan fingerprint density at radius 3 is 1.74 bits per heavy atom. The molecule has 0 radical (unpaired) electrons. The first-order valence-corrected chi connectivity index (χ1v) is 10.2. The summed E-state index contributed by atoms with van der Waals surface area (Å²) in [4.78, 5) is 25.4. The predicted molar refractivity (Wildman–Crippen MR) is 122 cm³/mol. The van der Waals surface area contributed by atoms with Crippen LogP contribution in [0.2, 0.25) is 0 Å². The highest BCUT2D eigenvalue weighted by Crippen LogP contribution is 2.37. The van der Waals surface area contributed by atoms with Gasteiger partial charge in [-0.25, -0.2) is 0 Å². The van der Waals surface area contributed by atoms with E-state index in [9.17, 15) is 9.59 Å². The van der Waals surface area contributed by atoms with Crippen molar-refractivity contribution in [2.24, 2.45) is 0 Å². The molecule has 0 saturated carbocycles. The third kappa shape index (κ3) is 5.63. The Morgan fingerprint density at radius 2 is 1.23 bits per heavy atom. The maximum absolute atomic E-state index is 12.8. The van der Waals surface area contributed by atoms with Crippen LogP contribution < -0.4 is 20.1 Å². The van der Waals surface area contributed by atoms with Gasteiger partial charge >= 0.3 is 0 Å². The van der Waals surface area contributed by atoms with Crippen molar-refractivity contribution >= 4 is 23.2 Å². The molecule has 0 unspecified atom stereocenters. The highest BCUT2D eigenvalue weighted by molar-refractivity contribution is 6.07. The Morgan fingerprint density at radius 1 is 0.710 bits per heavy atom. The topological polar surface area (TPSA) is 76.7 Å². The smallest absolute Gasteiger partial charge is 0.255 e. The molecule has 2 amide bonds. The summed E-state index contributed by atoms with van der Waals surface area (Å²) in [5.74, 6) is 0.360. The molecule has 6 nitrogen and oxygen atoms in total. The van der Waals surface area contributed by atoms with E-state index in [0.29, 0.717) is 47.2 Å². The van der Waals surface area contributed by atoms with Crippen LogP contribution in [0.1, 0.15) is 40.1 Å². The van der Waals surface area contributed by atoms with Gasteiger partial charge in [0, 0.05) is 23.3 Å². The minimum atomic E-state index is -0.263. The average molecular weight is 418 g/mol. The number of ether oxygens (including phenoxy) is 2. The van der Waals surface area contributed by atoms with Crippen molar-refractivity contribution in [2.45, 2.75) is 20.8 Å². The minimum Gasteiger partial charge on any atom is -0.492 e. The Bertz CT molecular complexity index is 1060. The van der Waals surface area contributed by atoms with Crippen LogP contribution >= 0.6 is 0 Å². The van der Waals surface area contributed by atoms with E-state index in [1.807, 2.05) is 45.0 Å². The molecule has 3 aromatic carbocycles. The van der Waals surface area contributed by atoms with Gasteiger partial charge in [0.05, 0.1) is 24.6 Å². The van der Waals surface area contributed by atoms with Gasteiger partial charge in [0.1, 0.15) is 11.5 Å². The van der Waals surface area contributed by atoms with Crippen molar-refractivity contribution in [2.75, 3.05) is 23.8 Å². The van der Waals surface area contributed by atoms with E-state index in [-0.39, 0.29) is 11.8 Å². The zero-order chi connectivity index (χ0) is 22.2. The first-order valence-electron chi connectivity index (χ1n) is 10.2. The highest BCUT2D eigenvalue weighted by Gasteiger charge is 2.17. The molecule has 0 atom stereocenters. The van der Waals surface area contributed by atoms with Gasteiger partial charge in [-0.3, -0.25) is 9.59 Å². The van der Waals surface area contributed by atoms with Crippen LogP contribution in [0.25, 0.3) is 0 Å². The lowest BCUT2D eigenvalue weighted by Crippen LogP contribution is -2.15. The molecule has 3 aromatic rings. The number of carbonyl (C=O) groups excluding carboxylic acids is 2. The summed E-state index contributed by atoms with van der Waals surface area (Å²) in [6, 6.07) is 19.6. The van der Waals surface area contributed by atoms with Crippen molar-refractivity contribution in [3.8, 4) is 11.5 Å². The lowest BCUT2D eigenvalue weighted by molar-refractivity contribution is 0.101. The van der Waals surface area contributed by atoms with Gasteiger partial charge in [0.2, 0.25) is 0 Å². The van der Waals surface area contributed by atoms with Gasteiger partial charge in [-0.15, -0.1) is 0 Å². The van der Waals surface area contributed by atoms with Crippen molar-refractivity contribution in [3.63, 3.8) is 0 Å². The first kappa shape index (κ1) is 21.9. The molecule has 0 saturated heterocycles. The molecule has 0 aliphatic heterocycles. The second-order valence-corrected chi connectivity index (χ2v) is 6.85. The summed E-state index contributed by atoms with van der Waals surface area (Å²) >= 11 is 0. The average Bonchev–Trinajstić information content (AvgIpc) is 2.77. The second-order valence-electron chi connectivity index (χ2n) is 6.85. The minimum absolute atomic E-state index is 0.256. The fraction of sp³-hybridized carbons (Fsp3) is 0.200. The fourth-order valence-electron chi connectivity index (χ4n) is 3.07. The number of amides is 2. The molecule has 0 aromatic heterocycles. The van der Waals surface area contributed by atoms with Crippen molar-refractivity contribution < 1.29 is 19.1 Å². The van der Waals surface area contributed by atoms with Crippen molar-refractivity contribution in [1.82, 2.24) is 0 Å². The first-order chi connectivity index (χ1) is 15.0. The highest BCUT2D eigenvalue weighted by atomic mass is 16.5. The van der Waals surface area contributed by atoms with Crippen molar-refractivity contribution in [3.05, 3.63) is 83.4 Å². The molecular weight excluding hydrogens is 392 g/mol. The molecule has 0 spiro atoms. The predicted octanol–water partition coefficient (Wildman–Crippen LogP) is 5.30. The van der Waals surface area contributed by atoms with E-state index in [1.54, 1.807) is 42.5 Å². The number of rotatable bonds is 8. The van der Waals surface area contributed by atoms with Crippen LogP contribution in [-0.2, 0) is 0 Å². The van der Waals surface area contributed by atoms with E-state index >= 15 is 0 Å². The molecule has 0 aliphatic carbocycles. The normalized spacial score (nSPS) is 10.3. The number of benzene rings is 3. The van der Waals surface area contributed by atoms with Crippen LogP contribution in [0.5, 0.6) is 11.5 Å².